The van der Waals surface area contributed by atoms with Gasteiger partial charge in [0.25, 0.3) is 0 Å². The zero-order valence-electron chi connectivity index (χ0n) is 10.6. The van der Waals surface area contributed by atoms with Crippen molar-refractivity contribution in [1.29, 1.82) is 0 Å². The molecule has 0 spiro atoms. The molecule has 0 saturated carbocycles. The van der Waals surface area contributed by atoms with Crippen molar-refractivity contribution in [1.82, 2.24) is 19.7 Å². The van der Waals surface area contributed by atoms with E-state index in [1.54, 1.807) is 10.9 Å². The van der Waals surface area contributed by atoms with Crippen LogP contribution in [0, 0.1) is 0 Å². The summed E-state index contributed by atoms with van der Waals surface area (Å²) in [6.07, 6.45) is 5.63. The average molecular weight is 264 g/mol. The van der Waals surface area contributed by atoms with Gasteiger partial charge in [0, 0.05) is 29.7 Å². The second-order valence-electron chi connectivity index (χ2n) is 4.64. The number of hydrogen-bond donors (Lipinski definition) is 1. The highest BCUT2D eigenvalue weighted by Crippen LogP contribution is 2.24. The van der Waals surface area contributed by atoms with Crippen molar-refractivity contribution in [2.45, 2.75) is 6.54 Å². The van der Waals surface area contributed by atoms with Crippen LogP contribution in [0.25, 0.3) is 17.1 Å². The predicted molar refractivity (Wildman–Crippen MR) is 77.7 cm³/mol. The Morgan fingerprint density at radius 1 is 1.15 bits per heavy atom. The number of hydrogen-bond acceptors (Lipinski definition) is 5. The molecule has 20 heavy (non-hydrogen) atoms. The Morgan fingerprint density at radius 3 is 3.05 bits per heavy atom. The van der Waals surface area contributed by atoms with Crippen LogP contribution in [-0.4, -0.2) is 19.7 Å². The summed E-state index contributed by atoms with van der Waals surface area (Å²) in [6.45, 7) is 0.645. The van der Waals surface area contributed by atoms with Crippen LogP contribution >= 0.6 is 0 Å². The van der Waals surface area contributed by atoms with Crippen molar-refractivity contribution >= 4 is 28.7 Å². The summed E-state index contributed by atoms with van der Waals surface area (Å²) in [6, 6.07) is 10.2. The SMILES string of the molecule is Nc1nc2n(n1)C=CN(c1ccc3ncccc3c1)C2. The third kappa shape index (κ3) is 1.70. The highest BCUT2D eigenvalue weighted by molar-refractivity contribution is 5.82. The van der Waals surface area contributed by atoms with Crippen LogP contribution in [0.5, 0.6) is 0 Å². The topological polar surface area (TPSA) is 72.9 Å². The van der Waals surface area contributed by atoms with Crippen LogP contribution in [0.1, 0.15) is 5.82 Å². The lowest BCUT2D eigenvalue weighted by Gasteiger charge is -2.23. The van der Waals surface area contributed by atoms with Gasteiger partial charge in [0.05, 0.1) is 12.1 Å². The molecule has 3 heterocycles. The molecule has 2 aromatic heterocycles. The number of fused-ring (bicyclic) bond motifs is 2. The van der Waals surface area contributed by atoms with Gasteiger partial charge in [-0.25, -0.2) is 4.68 Å². The Hall–Kier alpha value is -2.89. The molecule has 4 rings (SSSR count). The van der Waals surface area contributed by atoms with Crippen molar-refractivity contribution in [2.24, 2.45) is 0 Å². The van der Waals surface area contributed by atoms with Gasteiger partial charge in [-0.2, -0.15) is 4.98 Å². The molecule has 2 N–H and O–H groups in total. The minimum Gasteiger partial charge on any atom is -0.366 e. The number of nitrogens with zero attached hydrogens (tertiary/aromatic N) is 5. The van der Waals surface area contributed by atoms with Gasteiger partial charge in [0.1, 0.15) is 0 Å². The number of nitrogens with two attached hydrogens (primary N) is 1. The lowest BCUT2D eigenvalue weighted by molar-refractivity contribution is 0.776. The van der Waals surface area contributed by atoms with E-state index in [2.05, 4.69) is 38.2 Å². The lowest BCUT2D eigenvalue weighted by Crippen LogP contribution is -2.22. The van der Waals surface area contributed by atoms with E-state index in [-0.39, 0.29) is 0 Å². The molecule has 6 heteroatoms. The van der Waals surface area contributed by atoms with Crippen molar-refractivity contribution in [3.05, 3.63) is 48.6 Å². The molecule has 0 aliphatic carbocycles. The van der Waals surface area contributed by atoms with Gasteiger partial charge in [-0.15, -0.1) is 5.10 Å². The normalized spacial score (nSPS) is 13.7. The second-order valence-corrected chi connectivity index (χ2v) is 4.64. The van der Waals surface area contributed by atoms with Gasteiger partial charge in [-0.3, -0.25) is 4.98 Å². The molecule has 0 atom stereocenters. The van der Waals surface area contributed by atoms with E-state index in [0.717, 1.165) is 22.4 Å². The highest BCUT2D eigenvalue weighted by Gasteiger charge is 2.15. The zero-order valence-corrected chi connectivity index (χ0v) is 10.6. The summed E-state index contributed by atoms with van der Waals surface area (Å²) in [5, 5.41) is 5.20. The van der Waals surface area contributed by atoms with E-state index in [0.29, 0.717) is 12.5 Å². The van der Waals surface area contributed by atoms with E-state index < -0.39 is 0 Å². The van der Waals surface area contributed by atoms with Crippen molar-refractivity contribution in [3.63, 3.8) is 0 Å². The molecule has 3 aromatic rings. The molecule has 1 aromatic carbocycles. The molecular formula is C14H12N6. The fourth-order valence-electron chi connectivity index (χ4n) is 2.37. The standard InChI is InChI=1S/C14H12N6/c15-14-17-13-9-19(6-7-20(13)18-14)11-3-4-12-10(8-11)2-1-5-16-12/h1-8H,9H2,(H2,15,18). The minimum absolute atomic E-state index is 0.300. The molecule has 0 bridgehead atoms. The maximum absolute atomic E-state index is 5.61. The van der Waals surface area contributed by atoms with Gasteiger partial charge < -0.3 is 10.6 Å². The first-order valence-electron chi connectivity index (χ1n) is 6.30. The fourth-order valence-corrected chi connectivity index (χ4v) is 2.37. The summed E-state index contributed by atoms with van der Waals surface area (Å²) in [7, 11) is 0. The monoisotopic (exact) mass is 264 g/mol. The predicted octanol–water partition coefficient (Wildman–Crippen LogP) is 1.86. The molecule has 1 aliphatic rings. The summed E-state index contributed by atoms with van der Waals surface area (Å²) < 4.78 is 1.70. The summed E-state index contributed by atoms with van der Waals surface area (Å²) in [4.78, 5) is 10.6. The van der Waals surface area contributed by atoms with Crippen LogP contribution in [0.3, 0.4) is 0 Å². The van der Waals surface area contributed by atoms with Gasteiger partial charge in [0.15, 0.2) is 5.82 Å². The number of pyridine rings is 1. The maximum atomic E-state index is 5.61. The maximum Gasteiger partial charge on any atom is 0.240 e. The molecule has 0 fully saturated rings. The summed E-state index contributed by atoms with van der Waals surface area (Å²) in [5.74, 6) is 1.13. The molecule has 0 unspecified atom stereocenters. The summed E-state index contributed by atoms with van der Waals surface area (Å²) >= 11 is 0. The number of aromatic nitrogens is 4. The quantitative estimate of drug-likeness (QED) is 0.726. The Morgan fingerprint density at radius 2 is 2.10 bits per heavy atom. The van der Waals surface area contributed by atoms with E-state index in [4.69, 9.17) is 5.73 Å². The molecule has 0 amide bonds. The van der Waals surface area contributed by atoms with Gasteiger partial charge >= 0.3 is 0 Å². The first-order chi connectivity index (χ1) is 9.79. The molecule has 0 saturated heterocycles. The summed E-state index contributed by atoms with van der Waals surface area (Å²) in [5.41, 5.74) is 7.70. The van der Waals surface area contributed by atoms with Gasteiger partial charge in [-0.1, -0.05) is 6.07 Å². The van der Waals surface area contributed by atoms with E-state index in [1.807, 2.05) is 24.5 Å². The van der Waals surface area contributed by atoms with Gasteiger partial charge in [0.2, 0.25) is 5.95 Å². The Bertz CT molecular complexity index is 819. The van der Waals surface area contributed by atoms with Crippen LogP contribution < -0.4 is 10.6 Å². The minimum atomic E-state index is 0.300. The van der Waals surface area contributed by atoms with Crippen LogP contribution in [0.2, 0.25) is 0 Å². The highest BCUT2D eigenvalue weighted by atomic mass is 15.4. The number of anilines is 2. The van der Waals surface area contributed by atoms with E-state index in [1.165, 1.54) is 0 Å². The van der Waals surface area contributed by atoms with E-state index in [9.17, 15) is 0 Å². The largest absolute Gasteiger partial charge is 0.366 e. The first kappa shape index (κ1) is 11.0. The van der Waals surface area contributed by atoms with Crippen LogP contribution in [0.15, 0.2) is 42.7 Å². The van der Waals surface area contributed by atoms with Crippen molar-refractivity contribution in [2.75, 3.05) is 10.6 Å². The average Bonchev–Trinajstić information content (AvgIpc) is 2.85. The van der Waals surface area contributed by atoms with Crippen molar-refractivity contribution < 1.29 is 0 Å². The smallest absolute Gasteiger partial charge is 0.240 e. The van der Waals surface area contributed by atoms with Crippen molar-refractivity contribution in [3.8, 4) is 0 Å². The Kier molecular flexibility index (Phi) is 2.23. The fraction of sp³-hybridized carbons (Fsp3) is 0.0714. The third-order valence-electron chi connectivity index (χ3n) is 3.34. The number of nitrogen functional groups attached to an aromatic ring is 1. The molecule has 1 aliphatic heterocycles. The first-order valence-corrected chi connectivity index (χ1v) is 6.30. The number of rotatable bonds is 1. The Balaban J connectivity index is 1.73. The second kappa shape index (κ2) is 4.06. The van der Waals surface area contributed by atoms with Crippen LogP contribution in [0.4, 0.5) is 11.6 Å². The molecule has 6 nitrogen and oxygen atoms in total. The Labute approximate surface area is 115 Å². The number of benzene rings is 1. The van der Waals surface area contributed by atoms with Crippen LogP contribution in [-0.2, 0) is 6.54 Å². The molecular weight excluding hydrogens is 252 g/mol. The molecule has 98 valence electrons. The van der Waals surface area contributed by atoms with E-state index >= 15 is 0 Å². The lowest BCUT2D eigenvalue weighted by atomic mass is 10.2. The zero-order chi connectivity index (χ0) is 13.5. The molecule has 0 radical (unpaired) electrons. The third-order valence-corrected chi connectivity index (χ3v) is 3.34. The van der Waals surface area contributed by atoms with Gasteiger partial charge in [-0.05, 0) is 24.3 Å².